The molecule has 150 valence electrons. The highest BCUT2D eigenvalue weighted by molar-refractivity contribution is 5.84. The number of carboxylic acid groups (broad SMARTS) is 1. The molecule has 0 amide bonds. The molecule has 6 nitrogen and oxygen atoms in total. The van der Waals surface area contributed by atoms with Gasteiger partial charge < -0.3 is 20.4 Å². The Kier molecular flexibility index (Phi) is 10.7. The minimum atomic E-state index is -0.781. The Bertz CT molecular complexity index is 459. The van der Waals surface area contributed by atoms with E-state index in [0.717, 1.165) is 25.7 Å². The average molecular weight is 370 g/mol. The van der Waals surface area contributed by atoms with E-state index in [1.165, 1.54) is 0 Å². The van der Waals surface area contributed by atoms with Gasteiger partial charge in [-0.1, -0.05) is 31.4 Å². The first kappa shape index (κ1) is 22.8. The second kappa shape index (κ2) is 12.2. The molecule has 0 aromatic heterocycles. The van der Waals surface area contributed by atoms with Crippen molar-refractivity contribution in [2.24, 2.45) is 11.8 Å². The van der Waals surface area contributed by atoms with Gasteiger partial charge in [0.2, 0.25) is 0 Å². The van der Waals surface area contributed by atoms with Crippen molar-refractivity contribution in [3.63, 3.8) is 0 Å². The maximum Gasteiger partial charge on any atom is 0.303 e. The van der Waals surface area contributed by atoms with Gasteiger partial charge in [0.15, 0.2) is 0 Å². The maximum atomic E-state index is 12.1. The number of hydrogen-bond acceptors (Lipinski definition) is 5. The highest BCUT2D eigenvalue weighted by atomic mass is 16.4. The standard InChI is InChI=1S/C20H34O6/c1-14(21)7-6-8-15(22)11-12-17-16(18(23)13-19(17)24)9-4-2-3-5-10-20(25)26/h11-12,14-17,19,21-22,24H,2-10,13H2,1H3,(H,25,26)/t14-,15+,16-,17-,19-/m1/s1. The van der Waals surface area contributed by atoms with Crippen molar-refractivity contribution < 1.29 is 30.0 Å². The second-order valence-corrected chi connectivity index (χ2v) is 7.50. The van der Waals surface area contributed by atoms with Crippen LogP contribution in [0.2, 0.25) is 0 Å². The molecule has 1 saturated carbocycles. The van der Waals surface area contributed by atoms with Crippen LogP contribution in [0.1, 0.15) is 71.1 Å². The number of Topliss-reactive ketones (excluding diaryl/α,β-unsaturated/α-hetero) is 1. The summed E-state index contributed by atoms with van der Waals surface area (Å²) in [4.78, 5) is 22.6. The summed E-state index contributed by atoms with van der Waals surface area (Å²) in [5.41, 5.74) is 0. The number of aliphatic hydroxyl groups is 3. The number of carbonyl (C=O) groups excluding carboxylic acids is 1. The molecule has 1 rings (SSSR count). The summed E-state index contributed by atoms with van der Waals surface area (Å²) in [6.07, 6.45) is 7.88. The molecule has 1 aliphatic rings. The van der Waals surface area contributed by atoms with E-state index in [4.69, 9.17) is 5.11 Å². The largest absolute Gasteiger partial charge is 0.481 e. The summed E-state index contributed by atoms with van der Waals surface area (Å²) >= 11 is 0. The second-order valence-electron chi connectivity index (χ2n) is 7.50. The van der Waals surface area contributed by atoms with Crippen LogP contribution in [-0.2, 0) is 9.59 Å². The van der Waals surface area contributed by atoms with Crippen LogP contribution in [0.5, 0.6) is 0 Å². The fraction of sp³-hybridized carbons (Fsp3) is 0.800. The number of carboxylic acids is 1. The van der Waals surface area contributed by atoms with E-state index in [1.54, 1.807) is 19.1 Å². The van der Waals surface area contributed by atoms with Gasteiger partial charge in [-0.3, -0.25) is 9.59 Å². The molecule has 0 unspecified atom stereocenters. The Hall–Kier alpha value is -1.24. The van der Waals surface area contributed by atoms with Gasteiger partial charge in [0.1, 0.15) is 5.78 Å². The molecule has 1 fully saturated rings. The van der Waals surface area contributed by atoms with Gasteiger partial charge in [-0.25, -0.2) is 0 Å². The van der Waals surface area contributed by atoms with Crippen LogP contribution in [0.4, 0.5) is 0 Å². The van der Waals surface area contributed by atoms with Crippen molar-refractivity contribution in [2.45, 2.75) is 89.4 Å². The molecule has 0 aliphatic heterocycles. The van der Waals surface area contributed by atoms with Crippen molar-refractivity contribution in [1.82, 2.24) is 0 Å². The number of aliphatic carboxylic acids is 1. The number of hydrogen-bond donors (Lipinski definition) is 4. The van der Waals surface area contributed by atoms with E-state index < -0.39 is 18.2 Å². The molecule has 0 bridgehead atoms. The zero-order chi connectivity index (χ0) is 19.5. The van der Waals surface area contributed by atoms with Crippen molar-refractivity contribution in [3.05, 3.63) is 12.2 Å². The lowest BCUT2D eigenvalue weighted by molar-refractivity contribution is -0.137. The quantitative estimate of drug-likeness (QED) is 0.292. The van der Waals surface area contributed by atoms with Gasteiger partial charge in [-0.2, -0.15) is 0 Å². The minimum Gasteiger partial charge on any atom is -0.481 e. The number of carbonyl (C=O) groups is 2. The molecule has 26 heavy (non-hydrogen) atoms. The molecule has 0 spiro atoms. The van der Waals surface area contributed by atoms with E-state index in [0.29, 0.717) is 25.7 Å². The van der Waals surface area contributed by atoms with Gasteiger partial charge in [0.25, 0.3) is 0 Å². The van der Waals surface area contributed by atoms with Crippen molar-refractivity contribution in [2.75, 3.05) is 0 Å². The van der Waals surface area contributed by atoms with Crippen molar-refractivity contribution in [3.8, 4) is 0 Å². The highest BCUT2D eigenvalue weighted by Crippen LogP contribution is 2.34. The zero-order valence-corrected chi connectivity index (χ0v) is 15.7. The van der Waals surface area contributed by atoms with Gasteiger partial charge in [-0.15, -0.1) is 0 Å². The molecule has 6 heteroatoms. The van der Waals surface area contributed by atoms with E-state index in [2.05, 4.69) is 0 Å². The Labute approximate surface area is 155 Å². The van der Waals surface area contributed by atoms with Crippen LogP contribution < -0.4 is 0 Å². The summed E-state index contributed by atoms with van der Waals surface area (Å²) in [6.45, 7) is 1.72. The lowest BCUT2D eigenvalue weighted by Gasteiger charge is -2.18. The van der Waals surface area contributed by atoms with Crippen LogP contribution in [0.25, 0.3) is 0 Å². The third-order valence-corrected chi connectivity index (χ3v) is 5.07. The fourth-order valence-corrected chi connectivity index (χ4v) is 3.56. The normalized spacial score (nSPS) is 25.7. The predicted octanol–water partition coefficient (Wildman–Crippen LogP) is 2.45. The van der Waals surface area contributed by atoms with Gasteiger partial charge >= 0.3 is 5.97 Å². The monoisotopic (exact) mass is 370 g/mol. The lowest BCUT2D eigenvalue weighted by atomic mass is 9.88. The molecule has 0 heterocycles. The third-order valence-electron chi connectivity index (χ3n) is 5.07. The van der Waals surface area contributed by atoms with Gasteiger partial charge in [0.05, 0.1) is 18.3 Å². The molecular formula is C20H34O6. The van der Waals surface area contributed by atoms with Crippen LogP contribution in [0.15, 0.2) is 12.2 Å². The zero-order valence-electron chi connectivity index (χ0n) is 15.7. The van der Waals surface area contributed by atoms with E-state index >= 15 is 0 Å². The van der Waals surface area contributed by atoms with E-state index in [-0.39, 0.29) is 36.6 Å². The number of rotatable bonds is 13. The Morgan fingerprint density at radius 1 is 1.15 bits per heavy atom. The first-order valence-electron chi connectivity index (χ1n) is 9.78. The Morgan fingerprint density at radius 2 is 1.85 bits per heavy atom. The third kappa shape index (κ3) is 8.92. The molecule has 5 atom stereocenters. The summed E-state index contributed by atoms with van der Waals surface area (Å²) in [7, 11) is 0. The van der Waals surface area contributed by atoms with Crippen LogP contribution in [-0.4, -0.2) is 50.5 Å². The Morgan fingerprint density at radius 3 is 2.50 bits per heavy atom. The minimum absolute atomic E-state index is 0.0706. The molecule has 0 radical (unpaired) electrons. The predicted molar refractivity (Wildman–Crippen MR) is 98.6 cm³/mol. The molecule has 0 aromatic rings. The van der Waals surface area contributed by atoms with Gasteiger partial charge in [-0.05, 0) is 39.0 Å². The van der Waals surface area contributed by atoms with E-state index in [1.807, 2.05) is 0 Å². The van der Waals surface area contributed by atoms with Crippen molar-refractivity contribution >= 4 is 11.8 Å². The summed E-state index contributed by atoms with van der Waals surface area (Å²) in [6, 6.07) is 0. The molecule has 4 N–H and O–H groups in total. The summed E-state index contributed by atoms with van der Waals surface area (Å²) in [5, 5.41) is 38.0. The summed E-state index contributed by atoms with van der Waals surface area (Å²) < 4.78 is 0. The SMILES string of the molecule is C[C@@H](O)CCC[C@H](O)C=C[C@H]1[C@H](O)CC(=O)[C@@H]1CCCCCCC(=O)O. The van der Waals surface area contributed by atoms with Crippen LogP contribution in [0.3, 0.4) is 0 Å². The first-order chi connectivity index (χ1) is 12.3. The molecular weight excluding hydrogens is 336 g/mol. The smallest absolute Gasteiger partial charge is 0.303 e. The number of unbranched alkanes of at least 4 members (excludes halogenated alkanes) is 3. The fourth-order valence-electron chi connectivity index (χ4n) is 3.56. The molecule has 1 aliphatic carbocycles. The molecule has 0 aromatic carbocycles. The summed E-state index contributed by atoms with van der Waals surface area (Å²) in [5.74, 6) is -1.18. The molecule has 0 saturated heterocycles. The van der Waals surface area contributed by atoms with E-state index in [9.17, 15) is 24.9 Å². The maximum absolute atomic E-state index is 12.1. The average Bonchev–Trinajstić information content (AvgIpc) is 2.81. The highest BCUT2D eigenvalue weighted by Gasteiger charge is 2.39. The first-order valence-corrected chi connectivity index (χ1v) is 9.78. The Balaban J connectivity index is 2.39. The topological polar surface area (TPSA) is 115 Å². The number of ketones is 1. The van der Waals surface area contributed by atoms with Crippen LogP contribution >= 0.6 is 0 Å². The lowest BCUT2D eigenvalue weighted by Crippen LogP contribution is -2.19. The van der Waals surface area contributed by atoms with Crippen LogP contribution in [0, 0.1) is 11.8 Å². The van der Waals surface area contributed by atoms with Crippen molar-refractivity contribution in [1.29, 1.82) is 0 Å². The number of aliphatic hydroxyl groups excluding tert-OH is 3. The van der Waals surface area contributed by atoms with Gasteiger partial charge in [0, 0.05) is 24.7 Å².